The van der Waals surface area contributed by atoms with Gasteiger partial charge in [-0.3, -0.25) is 9.59 Å². The second-order valence-corrected chi connectivity index (χ2v) is 9.70. The summed E-state index contributed by atoms with van der Waals surface area (Å²) < 4.78 is 44.7. The van der Waals surface area contributed by atoms with Crippen molar-refractivity contribution in [3.8, 4) is 11.5 Å². The molecule has 0 aliphatic heterocycles. The molecule has 4 aromatic carbocycles. The summed E-state index contributed by atoms with van der Waals surface area (Å²) in [5, 5.41) is 15.0. The molecular weight excluding hydrogens is 585 g/mol. The van der Waals surface area contributed by atoms with Gasteiger partial charge in [-0.1, -0.05) is 54.1 Å². The summed E-state index contributed by atoms with van der Waals surface area (Å²) in [6.07, 6.45) is -3.36. The molecule has 0 spiro atoms. The zero-order chi connectivity index (χ0) is 31.0. The summed E-state index contributed by atoms with van der Waals surface area (Å²) in [5.41, 5.74) is -0.381. The normalized spacial score (nSPS) is 12.2. The third kappa shape index (κ3) is 8.95. The molecule has 0 saturated heterocycles. The number of alkyl halides is 3. The molecule has 220 valence electrons. The van der Waals surface area contributed by atoms with E-state index in [1.807, 2.05) is 18.2 Å². The summed E-state index contributed by atoms with van der Waals surface area (Å²) in [7, 11) is 0. The minimum atomic E-state index is -4.59. The fourth-order valence-corrected chi connectivity index (χ4v) is 4.01. The lowest BCUT2D eigenvalue weighted by Gasteiger charge is -2.17. The lowest BCUT2D eigenvalue weighted by Crippen LogP contribution is -2.45. The number of carbonyl (C=O) groups is 3. The van der Waals surface area contributed by atoms with Gasteiger partial charge < -0.3 is 20.5 Å². The summed E-state index contributed by atoms with van der Waals surface area (Å²) in [4.78, 5) is 38.2. The molecule has 0 aliphatic rings. The minimum absolute atomic E-state index is 0.0795. The average Bonchev–Trinajstić information content (AvgIpc) is 2.98. The van der Waals surface area contributed by atoms with Crippen LogP contribution in [0.2, 0.25) is 5.02 Å². The molecule has 11 heteroatoms. The highest BCUT2D eigenvalue weighted by molar-refractivity contribution is 6.30. The van der Waals surface area contributed by atoms with Crippen molar-refractivity contribution < 1.29 is 37.4 Å². The smallest absolute Gasteiger partial charge is 0.416 e. The molecule has 0 fully saturated rings. The van der Waals surface area contributed by atoms with Gasteiger partial charge in [0.1, 0.15) is 23.2 Å². The van der Waals surface area contributed by atoms with Gasteiger partial charge in [-0.2, -0.15) is 13.2 Å². The van der Waals surface area contributed by atoms with Gasteiger partial charge in [-0.05, 0) is 77.9 Å². The second kappa shape index (κ2) is 13.7. The predicted octanol–water partition coefficient (Wildman–Crippen LogP) is 6.73. The fraction of sp³-hybridized carbons (Fsp3) is 0.0938. The molecular formula is C32H24ClF3N2O5. The van der Waals surface area contributed by atoms with Crippen LogP contribution in [0.4, 0.5) is 13.2 Å². The number of amides is 2. The van der Waals surface area contributed by atoms with E-state index < -0.39 is 35.6 Å². The number of para-hydroxylation sites is 1. The molecule has 0 bridgehead atoms. The summed E-state index contributed by atoms with van der Waals surface area (Å²) in [5.74, 6) is -2.01. The van der Waals surface area contributed by atoms with Gasteiger partial charge >= 0.3 is 12.1 Å². The van der Waals surface area contributed by atoms with Crippen LogP contribution in [0.1, 0.15) is 27.0 Å². The van der Waals surface area contributed by atoms with Gasteiger partial charge in [0.15, 0.2) is 0 Å². The number of ether oxygens (including phenoxy) is 1. The highest BCUT2D eigenvalue weighted by Crippen LogP contribution is 2.29. The molecule has 1 atom stereocenters. The number of nitrogens with one attached hydrogen (secondary N) is 2. The first-order valence-corrected chi connectivity index (χ1v) is 13.2. The number of halogens is 4. The highest BCUT2D eigenvalue weighted by Gasteiger charge is 2.30. The van der Waals surface area contributed by atoms with Crippen LogP contribution >= 0.6 is 11.6 Å². The average molecular weight is 609 g/mol. The van der Waals surface area contributed by atoms with Gasteiger partial charge in [0, 0.05) is 17.0 Å². The van der Waals surface area contributed by atoms with E-state index in [0.29, 0.717) is 27.6 Å². The maximum Gasteiger partial charge on any atom is 0.416 e. The van der Waals surface area contributed by atoms with Crippen LogP contribution in [0.3, 0.4) is 0 Å². The number of hydrogen-bond acceptors (Lipinski definition) is 4. The van der Waals surface area contributed by atoms with Crippen LogP contribution < -0.4 is 15.4 Å². The Morgan fingerprint density at radius 3 is 2.02 bits per heavy atom. The van der Waals surface area contributed by atoms with E-state index in [1.54, 1.807) is 60.7 Å². The van der Waals surface area contributed by atoms with Gasteiger partial charge in [-0.25, -0.2) is 4.79 Å². The Morgan fingerprint density at radius 1 is 0.837 bits per heavy atom. The second-order valence-electron chi connectivity index (χ2n) is 9.27. The van der Waals surface area contributed by atoms with Crippen LogP contribution in [0.5, 0.6) is 11.5 Å². The van der Waals surface area contributed by atoms with Crippen LogP contribution in [0, 0.1) is 0 Å². The first-order valence-electron chi connectivity index (χ1n) is 12.8. The minimum Gasteiger partial charge on any atom is -0.480 e. The number of carbonyl (C=O) groups excluding carboxylic acids is 2. The van der Waals surface area contributed by atoms with Gasteiger partial charge in [0.05, 0.1) is 5.56 Å². The number of carboxylic acids is 1. The van der Waals surface area contributed by atoms with Crippen LogP contribution in [-0.4, -0.2) is 28.9 Å². The third-order valence-corrected chi connectivity index (χ3v) is 6.35. The monoisotopic (exact) mass is 608 g/mol. The molecule has 43 heavy (non-hydrogen) atoms. The Labute approximate surface area is 249 Å². The zero-order valence-corrected chi connectivity index (χ0v) is 23.0. The highest BCUT2D eigenvalue weighted by atomic mass is 35.5. The van der Waals surface area contributed by atoms with Crippen molar-refractivity contribution in [3.05, 3.63) is 136 Å². The van der Waals surface area contributed by atoms with Crippen molar-refractivity contribution in [2.75, 3.05) is 0 Å². The first-order chi connectivity index (χ1) is 20.5. The summed E-state index contributed by atoms with van der Waals surface area (Å²) in [6, 6.07) is 24.0. The van der Waals surface area contributed by atoms with E-state index >= 15 is 0 Å². The van der Waals surface area contributed by atoms with E-state index in [-0.39, 0.29) is 17.7 Å². The number of carboxylic acid groups (broad SMARTS) is 1. The van der Waals surface area contributed by atoms with E-state index in [4.69, 9.17) is 16.3 Å². The molecule has 2 amide bonds. The maximum absolute atomic E-state index is 13.3. The number of benzene rings is 4. The quantitative estimate of drug-likeness (QED) is 0.173. The molecule has 0 aliphatic carbocycles. The van der Waals surface area contributed by atoms with E-state index in [0.717, 1.165) is 24.3 Å². The number of aliphatic carboxylic acids is 1. The van der Waals surface area contributed by atoms with Crippen molar-refractivity contribution in [1.82, 2.24) is 10.6 Å². The SMILES string of the molecule is O=C(N[C@@H](Cc1ccc(Cl)cc1)C(=O)O)/C(=C\c1ccc(Oc2ccccc2)cc1)NC(=O)c1ccc(C(F)(F)F)cc1. The first kappa shape index (κ1) is 30.9. The Morgan fingerprint density at radius 2 is 1.44 bits per heavy atom. The molecule has 3 N–H and O–H groups in total. The predicted molar refractivity (Wildman–Crippen MR) is 155 cm³/mol. The topological polar surface area (TPSA) is 105 Å². The number of rotatable bonds is 10. The molecule has 4 aromatic rings. The molecule has 0 aromatic heterocycles. The van der Waals surface area contributed by atoms with Crippen LogP contribution in [-0.2, 0) is 22.2 Å². The van der Waals surface area contributed by atoms with Gasteiger partial charge in [0.25, 0.3) is 11.8 Å². The van der Waals surface area contributed by atoms with Crippen molar-refractivity contribution in [2.45, 2.75) is 18.6 Å². The Bertz CT molecular complexity index is 1610. The lowest BCUT2D eigenvalue weighted by atomic mass is 10.1. The van der Waals surface area contributed by atoms with Crippen molar-refractivity contribution >= 4 is 35.5 Å². The maximum atomic E-state index is 13.3. The summed E-state index contributed by atoms with van der Waals surface area (Å²) >= 11 is 5.90. The summed E-state index contributed by atoms with van der Waals surface area (Å²) in [6.45, 7) is 0. The Balaban J connectivity index is 1.58. The molecule has 0 heterocycles. The third-order valence-electron chi connectivity index (χ3n) is 6.09. The van der Waals surface area contributed by atoms with E-state index in [2.05, 4.69) is 10.6 Å². The van der Waals surface area contributed by atoms with Crippen molar-refractivity contribution in [3.63, 3.8) is 0 Å². The molecule has 0 radical (unpaired) electrons. The largest absolute Gasteiger partial charge is 0.480 e. The molecule has 7 nitrogen and oxygen atoms in total. The van der Waals surface area contributed by atoms with E-state index in [1.165, 1.54) is 6.08 Å². The van der Waals surface area contributed by atoms with Crippen LogP contribution in [0.15, 0.2) is 109 Å². The number of hydrogen-bond donors (Lipinski definition) is 3. The standard InChI is InChI=1S/C32H24ClF3N2O5/c33-24-14-6-20(7-15-24)19-28(31(41)42)38-30(40)27(37-29(39)22-10-12-23(13-11-22)32(34,35)36)18-21-8-16-26(17-9-21)43-25-4-2-1-3-5-25/h1-18,28H,19H2,(H,37,39)(H,38,40)(H,41,42)/b27-18+/t28-/m0/s1. The van der Waals surface area contributed by atoms with Crippen molar-refractivity contribution in [1.29, 1.82) is 0 Å². The van der Waals surface area contributed by atoms with Crippen LogP contribution in [0.25, 0.3) is 6.08 Å². The molecule has 0 unspecified atom stereocenters. The zero-order valence-electron chi connectivity index (χ0n) is 22.3. The van der Waals surface area contributed by atoms with Gasteiger partial charge in [0.2, 0.25) is 0 Å². The molecule has 4 rings (SSSR count). The Hall–Kier alpha value is -5.09. The Kier molecular flexibility index (Phi) is 9.84. The fourth-order valence-electron chi connectivity index (χ4n) is 3.88. The van der Waals surface area contributed by atoms with Gasteiger partial charge in [-0.15, -0.1) is 0 Å². The van der Waals surface area contributed by atoms with E-state index in [9.17, 15) is 32.7 Å². The lowest BCUT2D eigenvalue weighted by molar-refractivity contribution is -0.141. The van der Waals surface area contributed by atoms with Crippen molar-refractivity contribution in [2.24, 2.45) is 0 Å². The molecule has 0 saturated carbocycles.